The molecule has 1 aromatic heterocycles. The van der Waals surface area contributed by atoms with Gasteiger partial charge in [-0.05, 0) is 63.3 Å². The molecule has 0 bridgehead atoms. The number of thiophene rings is 1. The second kappa shape index (κ2) is 8.99. The first-order chi connectivity index (χ1) is 14.2. The van der Waals surface area contributed by atoms with Gasteiger partial charge in [0.2, 0.25) is 0 Å². The van der Waals surface area contributed by atoms with E-state index in [1.54, 1.807) is 13.8 Å². The maximum absolute atomic E-state index is 13.0. The van der Waals surface area contributed by atoms with Crippen molar-refractivity contribution in [1.29, 1.82) is 0 Å². The zero-order chi connectivity index (χ0) is 21.9. The number of alkyl halides is 3. The summed E-state index contributed by atoms with van der Waals surface area (Å²) in [4.78, 5) is 26.5. The van der Waals surface area contributed by atoms with Crippen LogP contribution in [0.25, 0.3) is 0 Å². The van der Waals surface area contributed by atoms with Crippen LogP contribution in [0.4, 0.5) is 18.2 Å². The monoisotopic (exact) mass is 437 g/mol. The first kappa shape index (κ1) is 22.0. The lowest BCUT2D eigenvalue weighted by molar-refractivity contribution is -0.137. The Bertz CT molecular complexity index is 992. The predicted octanol–water partition coefficient (Wildman–Crippen LogP) is 5.41. The SMILES string of the molecule is CC(C)=NNC(=O)c1c(NC(=O)c2cccc(C(F)(F)F)c2)sc2c1CCCCC2. The summed E-state index contributed by atoms with van der Waals surface area (Å²) in [5.41, 5.74) is 3.37. The van der Waals surface area contributed by atoms with E-state index in [2.05, 4.69) is 15.8 Å². The molecular formula is C21H22F3N3O2S. The van der Waals surface area contributed by atoms with E-state index in [1.165, 1.54) is 23.5 Å². The van der Waals surface area contributed by atoms with Crippen LogP contribution in [0.5, 0.6) is 0 Å². The lowest BCUT2D eigenvalue weighted by Gasteiger charge is -2.10. The van der Waals surface area contributed by atoms with E-state index in [1.807, 2.05) is 0 Å². The fourth-order valence-corrected chi connectivity index (χ4v) is 4.58. The fourth-order valence-electron chi connectivity index (χ4n) is 3.30. The molecule has 1 aliphatic carbocycles. The molecule has 9 heteroatoms. The number of hydrogen-bond donors (Lipinski definition) is 2. The highest BCUT2D eigenvalue weighted by atomic mass is 32.1. The summed E-state index contributed by atoms with van der Waals surface area (Å²) in [6.45, 7) is 3.48. The normalized spacial score (nSPS) is 13.8. The quantitative estimate of drug-likeness (QED) is 0.381. The van der Waals surface area contributed by atoms with E-state index in [9.17, 15) is 22.8 Å². The summed E-state index contributed by atoms with van der Waals surface area (Å²) in [5, 5.41) is 6.95. The first-order valence-electron chi connectivity index (χ1n) is 9.61. The Kier molecular flexibility index (Phi) is 6.60. The van der Waals surface area contributed by atoms with Gasteiger partial charge in [0.1, 0.15) is 5.00 Å². The molecule has 1 aliphatic rings. The molecule has 0 aliphatic heterocycles. The highest BCUT2D eigenvalue weighted by Gasteiger charge is 2.31. The summed E-state index contributed by atoms with van der Waals surface area (Å²) in [5.74, 6) is -1.13. The van der Waals surface area contributed by atoms with Crippen molar-refractivity contribution >= 4 is 33.9 Å². The smallest absolute Gasteiger partial charge is 0.313 e. The lowest BCUT2D eigenvalue weighted by atomic mass is 10.0. The number of halogens is 3. The van der Waals surface area contributed by atoms with Gasteiger partial charge in [-0.3, -0.25) is 9.59 Å². The Morgan fingerprint density at radius 3 is 2.50 bits per heavy atom. The van der Waals surface area contributed by atoms with Crippen molar-refractivity contribution in [3.63, 3.8) is 0 Å². The molecule has 5 nitrogen and oxygen atoms in total. The van der Waals surface area contributed by atoms with Gasteiger partial charge in [0.05, 0.1) is 11.1 Å². The number of nitrogens with one attached hydrogen (secondary N) is 2. The van der Waals surface area contributed by atoms with Crippen LogP contribution < -0.4 is 10.7 Å². The Labute approximate surface area is 176 Å². The van der Waals surface area contributed by atoms with E-state index in [0.29, 0.717) is 22.7 Å². The largest absolute Gasteiger partial charge is 0.416 e. The number of amides is 2. The molecule has 2 aromatic rings. The molecule has 0 radical (unpaired) electrons. The van der Waals surface area contributed by atoms with Crippen molar-refractivity contribution < 1.29 is 22.8 Å². The van der Waals surface area contributed by atoms with E-state index in [-0.39, 0.29) is 5.56 Å². The molecule has 2 N–H and O–H groups in total. The minimum Gasteiger partial charge on any atom is -0.313 e. The third-order valence-corrected chi connectivity index (χ3v) is 5.92. The van der Waals surface area contributed by atoms with Gasteiger partial charge in [-0.1, -0.05) is 12.5 Å². The zero-order valence-corrected chi connectivity index (χ0v) is 17.5. The van der Waals surface area contributed by atoms with Gasteiger partial charge in [0.15, 0.2) is 0 Å². The van der Waals surface area contributed by atoms with Crippen molar-refractivity contribution in [2.24, 2.45) is 5.10 Å². The topological polar surface area (TPSA) is 70.6 Å². The number of benzene rings is 1. The third kappa shape index (κ3) is 5.08. The van der Waals surface area contributed by atoms with Crippen LogP contribution in [0, 0.1) is 0 Å². The molecule has 30 heavy (non-hydrogen) atoms. The van der Waals surface area contributed by atoms with Crippen LogP contribution in [0.15, 0.2) is 29.4 Å². The standard InChI is InChI=1S/C21H22F3N3O2S/c1-12(2)26-27-19(29)17-15-9-4-3-5-10-16(15)30-20(17)25-18(28)13-7-6-8-14(11-13)21(22,23)24/h6-8,11H,3-5,9-10H2,1-2H3,(H,25,28)(H,27,29). The Hall–Kier alpha value is -2.68. The molecular weight excluding hydrogens is 415 g/mol. The van der Waals surface area contributed by atoms with E-state index in [4.69, 9.17) is 0 Å². The Balaban J connectivity index is 1.94. The van der Waals surface area contributed by atoms with E-state index < -0.39 is 23.6 Å². The number of carbonyl (C=O) groups is 2. The van der Waals surface area contributed by atoms with Crippen molar-refractivity contribution in [2.75, 3.05) is 5.32 Å². The molecule has 0 unspecified atom stereocenters. The fraction of sp³-hybridized carbons (Fsp3) is 0.381. The number of hydrogen-bond acceptors (Lipinski definition) is 4. The average Bonchev–Trinajstić information content (AvgIpc) is 2.86. The van der Waals surface area contributed by atoms with Crippen LogP contribution in [-0.2, 0) is 19.0 Å². The lowest BCUT2D eigenvalue weighted by Crippen LogP contribution is -2.22. The van der Waals surface area contributed by atoms with Gasteiger partial charge < -0.3 is 5.32 Å². The average molecular weight is 437 g/mol. The maximum atomic E-state index is 13.0. The van der Waals surface area contributed by atoms with Gasteiger partial charge in [0, 0.05) is 16.2 Å². The molecule has 3 rings (SSSR count). The third-order valence-electron chi connectivity index (χ3n) is 4.71. The van der Waals surface area contributed by atoms with Gasteiger partial charge in [0.25, 0.3) is 11.8 Å². The first-order valence-corrected chi connectivity index (χ1v) is 10.4. The Morgan fingerprint density at radius 1 is 1.07 bits per heavy atom. The minimum absolute atomic E-state index is 0.123. The van der Waals surface area contributed by atoms with Gasteiger partial charge in [-0.15, -0.1) is 11.3 Å². The van der Waals surface area contributed by atoms with E-state index in [0.717, 1.165) is 48.3 Å². The number of carbonyl (C=O) groups excluding carboxylic acids is 2. The predicted molar refractivity (Wildman–Crippen MR) is 111 cm³/mol. The van der Waals surface area contributed by atoms with Crippen molar-refractivity contribution in [3.8, 4) is 0 Å². The Morgan fingerprint density at radius 2 is 1.80 bits per heavy atom. The minimum atomic E-state index is -4.54. The van der Waals surface area contributed by atoms with Gasteiger partial charge >= 0.3 is 6.18 Å². The van der Waals surface area contributed by atoms with Crippen LogP contribution >= 0.6 is 11.3 Å². The number of nitrogens with zero attached hydrogens (tertiary/aromatic N) is 1. The molecule has 160 valence electrons. The molecule has 0 spiro atoms. The summed E-state index contributed by atoms with van der Waals surface area (Å²) >= 11 is 1.31. The van der Waals surface area contributed by atoms with Crippen molar-refractivity contribution in [3.05, 3.63) is 51.4 Å². The second-order valence-corrected chi connectivity index (χ2v) is 8.41. The van der Waals surface area contributed by atoms with Crippen LogP contribution in [0.2, 0.25) is 0 Å². The molecule has 0 fully saturated rings. The second-order valence-electron chi connectivity index (χ2n) is 7.30. The highest BCUT2D eigenvalue weighted by molar-refractivity contribution is 7.17. The molecule has 1 heterocycles. The summed E-state index contributed by atoms with van der Waals surface area (Å²) in [6.07, 6.45) is -0.0558. The molecule has 2 amide bonds. The summed E-state index contributed by atoms with van der Waals surface area (Å²) in [6, 6.07) is 4.22. The van der Waals surface area contributed by atoms with Gasteiger partial charge in [-0.25, -0.2) is 5.43 Å². The van der Waals surface area contributed by atoms with Crippen molar-refractivity contribution in [2.45, 2.75) is 52.1 Å². The molecule has 0 saturated heterocycles. The van der Waals surface area contributed by atoms with Crippen molar-refractivity contribution in [1.82, 2.24) is 5.43 Å². The molecule has 0 saturated carbocycles. The molecule has 1 aromatic carbocycles. The van der Waals surface area contributed by atoms with Gasteiger partial charge in [-0.2, -0.15) is 18.3 Å². The van der Waals surface area contributed by atoms with Crippen LogP contribution in [0.1, 0.15) is 69.8 Å². The van der Waals surface area contributed by atoms with Crippen LogP contribution in [-0.4, -0.2) is 17.5 Å². The summed E-state index contributed by atoms with van der Waals surface area (Å²) < 4.78 is 38.9. The summed E-state index contributed by atoms with van der Waals surface area (Å²) in [7, 11) is 0. The number of rotatable bonds is 4. The van der Waals surface area contributed by atoms with E-state index >= 15 is 0 Å². The maximum Gasteiger partial charge on any atom is 0.416 e. The zero-order valence-electron chi connectivity index (χ0n) is 16.7. The number of anilines is 1. The number of aryl methyl sites for hydroxylation is 1. The number of hydrazone groups is 1. The van der Waals surface area contributed by atoms with Crippen LogP contribution in [0.3, 0.4) is 0 Å². The highest BCUT2D eigenvalue weighted by Crippen LogP contribution is 2.38. The number of fused-ring (bicyclic) bond motifs is 1. The molecule has 0 atom stereocenters.